The minimum Gasteiger partial charge on any atom is -0.506 e. The number of hydrogen-bond acceptors (Lipinski definition) is 3. The number of aromatic hydroxyl groups is 1. The summed E-state index contributed by atoms with van der Waals surface area (Å²) < 4.78 is 6.63. The summed E-state index contributed by atoms with van der Waals surface area (Å²) in [4.78, 5) is 0. The van der Waals surface area contributed by atoms with Gasteiger partial charge in [0.15, 0.2) is 0 Å². The van der Waals surface area contributed by atoms with Crippen LogP contribution in [-0.4, -0.2) is 24.8 Å². The van der Waals surface area contributed by atoms with Crippen molar-refractivity contribution >= 4 is 15.9 Å². The van der Waals surface area contributed by atoms with Crippen LogP contribution in [0.5, 0.6) is 5.75 Å². The zero-order chi connectivity index (χ0) is 12.5. The molecule has 1 unspecified atom stereocenters. The lowest BCUT2D eigenvalue weighted by Gasteiger charge is -2.27. The molecule has 1 saturated heterocycles. The Morgan fingerprint density at radius 1 is 1.33 bits per heavy atom. The Morgan fingerprint density at radius 2 is 2.17 bits per heavy atom. The molecule has 1 atom stereocenters. The molecule has 0 amide bonds. The van der Waals surface area contributed by atoms with E-state index in [1.807, 2.05) is 0 Å². The van der Waals surface area contributed by atoms with Gasteiger partial charge in [-0.2, -0.15) is 0 Å². The molecule has 0 bridgehead atoms. The van der Waals surface area contributed by atoms with E-state index in [1.54, 1.807) is 0 Å². The Hall–Kier alpha value is -0.580. The Balaban J connectivity index is 2.01. The molecule has 0 spiro atoms. The standard InChI is InChI=1S/C14H18BrNO2/c15-13-10-4-2-1-3-9(10)7-11(14(13)17)12-8-16-5-6-18-12/h7,12,16-17H,1-6,8H2. The third-order valence-electron chi connectivity index (χ3n) is 3.86. The Labute approximate surface area is 116 Å². The van der Waals surface area contributed by atoms with E-state index >= 15 is 0 Å². The van der Waals surface area contributed by atoms with E-state index < -0.39 is 0 Å². The van der Waals surface area contributed by atoms with E-state index in [4.69, 9.17) is 4.74 Å². The van der Waals surface area contributed by atoms with Crippen LogP contribution < -0.4 is 5.32 Å². The van der Waals surface area contributed by atoms with Gasteiger partial charge in [-0.05, 0) is 58.8 Å². The van der Waals surface area contributed by atoms with Gasteiger partial charge in [0.1, 0.15) is 5.75 Å². The number of halogens is 1. The molecule has 0 saturated carbocycles. The van der Waals surface area contributed by atoms with Gasteiger partial charge in [-0.3, -0.25) is 0 Å². The van der Waals surface area contributed by atoms with Crippen LogP contribution in [0.25, 0.3) is 0 Å². The van der Waals surface area contributed by atoms with Crippen molar-refractivity contribution in [2.75, 3.05) is 19.7 Å². The third kappa shape index (κ3) is 2.17. The molecule has 18 heavy (non-hydrogen) atoms. The first kappa shape index (κ1) is 12.5. The van der Waals surface area contributed by atoms with Crippen molar-refractivity contribution in [1.29, 1.82) is 0 Å². The molecule has 1 aliphatic heterocycles. The Bertz CT molecular complexity index is 456. The lowest BCUT2D eigenvalue weighted by Crippen LogP contribution is -2.33. The smallest absolute Gasteiger partial charge is 0.135 e. The summed E-state index contributed by atoms with van der Waals surface area (Å²) in [6, 6.07) is 2.15. The number of aryl methyl sites for hydroxylation is 1. The summed E-state index contributed by atoms with van der Waals surface area (Å²) in [6.07, 6.45) is 4.61. The number of fused-ring (bicyclic) bond motifs is 1. The quantitative estimate of drug-likeness (QED) is 0.838. The number of ether oxygens (including phenoxy) is 1. The van der Waals surface area contributed by atoms with Crippen LogP contribution in [0.3, 0.4) is 0 Å². The molecule has 3 nitrogen and oxygen atoms in total. The Kier molecular flexibility index (Phi) is 3.59. The molecular formula is C14H18BrNO2. The van der Waals surface area contributed by atoms with E-state index in [0.29, 0.717) is 12.4 Å². The minimum absolute atomic E-state index is 0.0257. The van der Waals surface area contributed by atoms with E-state index in [-0.39, 0.29) is 6.10 Å². The van der Waals surface area contributed by atoms with E-state index in [1.165, 1.54) is 24.0 Å². The highest BCUT2D eigenvalue weighted by Gasteiger charge is 2.24. The molecule has 98 valence electrons. The van der Waals surface area contributed by atoms with Gasteiger partial charge >= 0.3 is 0 Å². The van der Waals surface area contributed by atoms with Gasteiger partial charge in [-0.15, -0.1) is 0 Å². The fourth-order valence-electron chi connectivity index (χ4n) is 2.87. The number of phenolic OH excluding ortho intramolecular Hbond substituents is 1. The first-order chi connectivity index (χ1) is 8.77. The fourth-order valence-corrected chi connectivity index (χ4v) is 3.56. The molecule has 1 aromatic carbocycles. The molecule has 1 heterocycles. The minimum atomic E-state index is -0.0257. The van der Waals surface area contributed by atoms with Crippen LogP contribution in [0.2, 0.25) is 0 Å². The van der Waals surface area contributed by atoms with E-state index in [2.05, 4.69) is 27.3 Å². The largest absolute Gasteiger partial charge is 0.506 e. The van der Waals surface area contributed by atoms with E-state index in [9.17, 15) is 5.11 Å². The number of morpholine rings is 1. The second-order valence-corrected chi connectivity index (χ2v) is 5.83. The Morgan fingerprint density at radius 3 is 2.94 bits per heavy atom. The fraction of sp³-hybridized carbons (Fsp3) is 0.571. The van der Waals surface area contributed by atoms with Gasteiger partial charge in [0, 0.05) is 18.7 Å². The molecular weight excluding hydrogens is 294 g/mol. The second-order valence-electron chi connectivity index (χ2n) is 5.04. The maximum atomic E-state index is 10.4. The van der Waals surface area contributed by atoms with Gasteiger partial charge in [0.2, 0.25) is 0 Å². The van der Waals surface area contributed by atoms with E-state index in [0.717, 1.165) is 36.0 Å². The molecule has 0 radical (unpaired) electrons. The SMILES string of the molecule is Oc1c(C2CNCCO2)cc2c(c1Br)CCCC2. The lowest BCUT2D eigenvalue weighted by molar-refractivity contribution is 0.0262. The number of benzene rings is 1. The molecule has 2 aliphatic rings. The molecule has 1 fully saturated rings. The van der Waals surface area contributed by atoms with Gasteiger partial charge in [0.25, 0.3) is 0 Å². The summed E-state index contributed by atoms with van der Waals surface area (Å²) in [5, 5.41) is 13.7. The van der Waals surface area contributed by atoms with Crippen LogP contribution in [-0.2, 0) is 17.6 Å². The van der Waals surface area contributed by atoms with Crippen molar-refractivity contribution in [2.45, 2.75) is 31.8 Å². The van der Waals surface area contributed by atoms with Gasteiger partial charge < -0.3 is 15.2 Å². The second kappa shape index (κ2) is 5.19. The first-order valence-electron chi connectivity index (χ1n) is 6.63. The summed E-state index contributed by atoms with van der Waals surface area (Å²) in [7, 11) is 0. The number of phenols is 1. The highest BCUT2D eigenvalue weighted by Crippen LogP contribution is 2.40. The third-order valence-corrected chi connectivity index (χ3v) is 4.72. The first-order valence-corrected chi connectivity index (χ1v) is 7.42. The molecule has 1 aliphatic carbocycles. The summed E-state index contributed by atoms with van der Waals surface area (Å²) >= 11 is 3.56. The monoisotopic (exact) mass is 311 g/mol. The number of rotatable bonds is 1. The van der Waals surface area contributed by atoms with Crippen LogP contribution in [0.1, 0.15) is 35.6 Å². The van der Waals surface area contributed by atoms with Crippen molar-refractivity contribution < 1.29 is 9.84 Å². The van der Waals surface area contributed by atoms with Crippen molar-refractivity contribution in [3.8, 4) is 5.75 Å². The molecule has 1 aromatic rings. The molecule has 4 heteroatoms. The molecule has 0 aromatic heterocycles. The highest BCUT2D eigenvalue weighted by molar-refractivity contribution is 9.10. The normalized spacial score (nSPS) is 23.7. The van der Waals surface area contributed by atoms with Gasteiger partial charge in [0.05, 0.1) is 17.2 Å². The summed E-state index contributed by atoms with van der Waals surface area (Å²) in [6.45, 7) is 2.38. The van der Waals surface area contributed by atoms with Crippen LogP contribution in [0.4, 0.5) is 0 Å². The highest BCUT2D eigenvalue weighted by atomic mass is 79.9. The molecule has 2 N–H and O–H groups in total. The maximum Gasteiger partial charge on any atom is 0.135 e. The lowest BCUT2D eigenvalue weighted by atomic mass is 9.88. The number of hydrogen-bond donors (Lipinski definition) is 2. The van der Waals surface area contributed by atoms with Gasteiger partial charge in [-0.1, -0.05) is 0 Å². The van der Waals surface area contributed by atoms with Crippen LogP contribution >= 0.6 is 15.9 Å². The van der Waals surface area contributed by atoms with Gasteiger partial charge in [-0.25, -0.2) is 0 Å². The average Bonchev–Trinajstić information content (AvgIpc) is 2.44. The van der Waals surface area contributed by atoms with Crippen molar-refractivity contribution in [1.82, 2.24) is 5.32 Å². The average molecular weight is 312 g/mol. The summed E-state index contributed by atoms with van der Waals surface area (Å²) in [5.41, 5.74) is 3.58. The van der Waals surface area contributed by atoms with Crippen molar-refractivity contribution in [3.63, 3.8) is 0 Å². The predicted molar refractivity (Wildman–Crippen MR) is 74.0 cm³/mol. The molecule has 3 rings (SSSR count). The maximum absolute atomic E-state index is 10.4. The van der Waals surface area contributed by atoms with Crippen molar-refractivity contribution in [3.05, 3.63) is 27.2 Å². The topological polar surface area (TPSA) is 41.5 Å². The zero-order valence-electron chi connectivity index (χ0n) is 10.3. The number of nitrogens with one attached hydrogen (secondary N) is 1. The van der Waals surface area contributed by atoms with Crippen LogP contribution in [0.15, 0.2) is 10.5 Å². The summed E-state index contributed by atoms with van der Waals surface area (Å²) in [5.74, 6) is 0.365. The van der Waals surface area contributed by atoms with Crippen molar-refractivity contribution in [2.24, 2.45) is 0 Å². The predicted octanol–water partition coefficient (Wildman–Crippen LogP) is 2.69. The van der Waals surface area contributed by atoms with Crippen LogP contribution in [0, 0.1) is 0 Å². The zero-order valence-corrected chi connectivity index (χ0v) is 11.9.